The molecule has 0 heterocycles. The van der Waals surface area contributed by atoms with Gasteiger partial charge in [0.05, 0.1) is 16.7 Å². The van der Waals surface area contributed by atoms with Crippen molar-refractivity contribution in [1.29, 1.82) is 5.41 Å². The molecule has 0 spiro atoms. The largest absolute Gasteiger partial charge is 0.398 e. The number of rotatable bonds is 4. The summed E-state index contributed by atoms with van der Waals surface area (Å²) < 4.78 is 13.9. The Hall–Kier alpha value is -2.40. The zero-order chi connectivity index (χ0) is 16.3. The number of nitrogens with two attached hydrogens (primary N) is 2. The van der Waals surface area contributed by atoms with Gasteiger partial charge in [0, 0.05) is 11.3 Å². The highest BCUT2D eigenvalue weighted by atomic mass is 35.5. The Balaban J connectivity index is 2.35. The number of alkyl halides is 1. The fourth-order valence-electron chi connectivity index (χ4n) is 2.12. The quantitative estimate of drug-likeness (QED) is 0.588. The van der Waals surface area contributed by atoms with E-state index in [0.29, 0.717) is 17.7 Å². The zero-order valence-electron chi connectivity index (χ0n) is 11.6. The minimum Gasteiger partial charge on any atom is -0.398 e. The van der Waals surface area contributed by atoms with Crippen LogP contribution in [0.5, 0.6) is 0 Å². The van der Waals surface area contributed by atoms with Crippen LogP contribution in [0.25, 0.3) is 0 Å². The number of primary amides is 1. The van der Waals surface area contributed by atoms with Crippen molar-refractivity contribution >= 4 is 23.2 Å². The lowest BCUT2D eigenvalue weighted by Crippen LogP contribution is -2.18. The van der Waals surface area contributed by atoms with Gasteiger partial charge in [0.25, 0.3) is 0 Å². The van der Waals surface area contributed by atoms with Crippen molar-refractivity contribution in [1.82, 2.24) is 0 Å². The lowest BCUT2D eigenvalue weighted by molar-refractivity contribution is 0.0999. The summed E-state index contributed by atoms with van der Waals surface area (Å²) in [5, 5.41) is 7.93. The second-order valence-corrected chi connectivity index (χ2v) is 5.37. The van der Waals surface area contributed by atoms with Gasteiger partial charge in [0.1, 0.15) is 5.82 Å². The Kier molecular flexibility index (Phi) is 4.78. The molecule has 0 aliphatic heterocycles. The van der Waals surface area contributed by atoms with Crippen LogP contribution in [0.3, 0.4) is 0 Å². The Morgan fingerprint density at radius 2 is 2.14 bits per heavy atom. The standard InChI is InChI=1S/C16H15ClFN3O/c17-10-6-4-9(5-7-10)13(19)8-14(20)15-11(16(21)22)2-1-3-12(15)18/h1-6,8,10,20H,7,19H2,(H2,21,22)/b13-8-,20-14?. The van der Waals surface area contributed by atoms with Crippen molar-refractivity contribution < 1.29 is 9.18 Å². The molecule has 6 heteroatoms. The second kappa shape index (κ2) is 6.58. The summed E-state index contributed by atoms with van der Waals surface area (Å²) in [5.41, 5.74) is 11.7. The Labute approximate surface area is 132 Å². The number of nitrogens with one attached hydrogen (secondary N) is 1. The van der Waals surface area contributed by atoms with Crippen LogP contribution in [0, 0.1) is 11.2 Å². The maximum Gasteiger partial charge on any atom is 0.249 e. The summed E-state index contributed by atoms with van der Waals surface area (Å²) in [6.45, 7) is 0. The molecule has 22 heavy (non-hydrogen) atoms. The van der Waals surface area contributed by atoms with Crippen molar-refractivity contribution in [3.05, 3.63) is 70.7 Å². The molecule has 2 rings (SSSR count). The third-order valence-electron chi connectivity index (χ3n) is 3.23. The minimum atomic E-state index is -0.798. The molecule has 114 valence electrons. The van der Waals surface area contributed by atoms with Gasteiger partial charge in [0.2, 0.25) is 5.91 Å². The van der Waals surface area contributed by atoms with E-state index >= 15 is 0 Å². The lowest BCUT2D eigenvalue weighted by Gasteiger charge is -2.12. The van der Waals surface area contributed by atoms with E-state index in [1.165, 1.54) is 18.2 Å². The Morgan fingerprint density at radius 3 is 2.73 bits per heavy atom. The maximum absolute atomic E-state index is 13.9. The van der Waals surface area contributed by atoms with Crippen LogP contribution in [0.1, 0.15) is 22.3 Å². The summed E-state index contributed by atoms with van der Waals surface area (Å²) in [7, 11) is 0. The van der Waals surface area contributed by atoms with Crippen LogP contribution < -0.4 is 11.5 Å². The van der Waals surface area contributed by atoms with Crippen molar-refractivity contribution in [2.75, 3.05) is 0 Å². The third kappa shape index (κ3) is 3.43. The minimum absolute atomic E-state index is 0.0527. The van der Waals surface area contributed by atoms with Gasteiger partial charge in [-0.2, -0.15) is 0 Å². The van der Waals surface area contributed by atoms with Crippen LogP contribution in [-0.2, 0) is 0 Å². The Bertz CT molecular complexity index is 722. The lowest BCUT2D eigenvalue weighted by atomic mass is 9.98. The van der Waals surface area contributed by atoms with Crippen molar-refractivity contribution in [2.45, 2.75) is 11.8 Å². The zero-order valence-corrected chi connectivity index (χ0v) is 12.4. The molecule has 1 aliphatic rings. The fraction of sp³-hybridized carbons (Fsp3) is 0.125. The number of carbonyl (C=O) groups is 1. The predicted molar refractivity (Wildman–Crippen MR) is 85.5 cm³/mol. The summed E-state index contributed by atoms with van der Waals surface area (Å²) in [6.07, 6.45) is 7.31. The maximum atomic E-state index is 13.9. The molecule has 1 aromatic carbocycles. The highest BCUT2D eigenvalue weighted by molar-refractivity contribution is 6.22. The number of hydrogen-bond acceptors (Lipinski definition) is 3. The van der Waals surface area contributed by atoms with Gasteiger partial charge in [-0.05, 0) is 30.2 Å². The van der Waals surface area contributed by atoms with E-state index in [-0.39, 0.29) is 22.2 Å². The van der Waals surface area contributed by atoms with Gasteiger partial charge in [-0.25, -0.2) is 4.39 Å². The van der Waals surface area contributed by atoms with E-state index < -0.39 is 11.7 Å². The van der Waals surface area contributed by atoms with E-state index in [1.807, 2.05) is 6.08 Å². The molecule has 0 fully saturated rings. The monoisotopic (exact) mass is 319 g/mol. The van der Waals surface area contributed by atoms with Gasteiger partial charge >= 0.3 is 0 Å². The van der Waals surface area contributed by atoms with Gasteiger partial charge in [0.15, 0.2) is 0 Å². The van der Waals surface area contributed by atoms with Gasteiger partial charge in [-0.15, -0.1) is 11.6 Å². The molecule has 0 bridgehead atoms. The van der Waals surface area contributed by atoms with Crippen molar-refractivity contribution in [3.8, 4) is 0 Å². The van der Waals surface area contributed by atoms with Crippen LogP contribution in [-0.4, -0.2) is 17.0 Å². The molecule has 1 amide bonds. The first kappa shape index (κ1) is 16.0. The SMILES string of the molecule is N=C(/C=C(\N)C1=CCC(Cl)C=C1)c1c(F)cccc1C(N)=O. The fourth-order valence-corrected chi connectivity index (χ4v) is 2.28. The molecule has 1 aromatic rings. The summed E-state index contributed by atoms with van der Waals surface area (Å²) in [5.74, 6) is -1.49. The molecule has 0 radical (unpaired) electrons. The van der Waals surface area contributed by atoms with E-state index in [4.69, 9.17) is 28.5 Å². The average Bonchev–Trinajstić information content (AvgIpc) is 2.47. The first-order chi connectivity index (χ1) is 10.4. The molecule has 0 saturated carbocycles. The van der Waals surface area contributed by atoms with E-state index in [0.717, 1.165) is 6.07 Å². The molecule has 1 unspecified atom stereocenters. The molecule has 5 N–H and O–H groups in total. The first-order valence-corrected chi connectivity index (χ1v) is 7.01. The summed E-state index contributed by atoms with van der Waals surface area (Å²) >= 11 is 5.93. The number of allylic oxidation sites excluding steroid dienone is 4. The van der Waals surface area contributed by atoms with Crippen LogP contribution >= 0.6 is 11.6 Å². The molecule has 0 aromatic heterocycles. The number of carbonyl (C=O) groups excluding carboxylic acids is 1. The number of halogens is 2. The van der Waals surface area contributed by atoms with Crippen molar-refractivity contribution in [3.63, 3.8) is 0 Å². The molecule has 4 nitrogen and oxygen atoms in total. The van der Waals surface area contributed by atoms with E-state index in [9.17, 15) is 9.18 Å². The van der Waals surface area contributed by atoms with Crippen molar-refractivity contribution in [2.24, 2.45) is 11.5 Å². The molecular weight excluding hydrogens is 305 g/mol. The van der Waals surface area contributed by atoms with Crippen LogP contribution in [0.15, 0.2) is 53.8 Å². The first-order valence-electron chi connectivity index (χ1n) is 6.57. The predicted octanol–water partition coefficient (Wildman–Crippen LogP) is 2.63. The highest BCUT2D eigenvalue weighted by Crippen LogP contribution is 2.20. The Morgan fingerprint density at radius 1 is 1.41 bits per heavy atom. The topological polar surface area (TPSA) is 93.0 Å². The highest BCUT2D eigenvalue weighted by Gasteiger charge is 2.16. The van der Waals surface area contributed by atoms with Gasteiger partial charge in [-0.3, -0.25) is 4.79 Å². The molecule has 1 atom stereocenters. The summed E-state index contributed by atoms with van der Waals surface area (Å²) in [4.78, 5) is 11.4. The third-order valence-corrected chi connectivity index (χ3v) is 3.55. The molecular formula is C16H15ClFN3O. The molecule has 1 aliphatic carbocycles. The average molecular weight is 320 g/mol. The van der Waals surface area contributed by atoms with E-state index in [1.54, 1.807) is 12.2 Å². The van der Waals surface area contributed by atoms with E-state index in [2.05, 4.69) is 0 Å². The normalized spacial score (nSPS) is 18.0. The smallest absolute Gasteiger partial charge is 0.249 e. The second-order valence-electron chi connectivity index (χ2n) is 4.81. The van der Waals surface area contributed by atoms with Gasteiger partial charge < -0.3 is 16.9 Å². The summed E-state index contributed by atoms with van der Waals surface area (Å²) in [6, 6.07) is 3.90. The number of hydrogen-bond donors (Lipinski definition) is 3. The molecule has 0 saturated heterocycles. The number of amides is 1. The number of benzene rings is 1. The van der Waals surface area contributed by atoms with Crippen LogP contribution in [0.4, 0.5) is 4.39 Å². The van der Waals surface area contributed by atoms with Gasteiger partial charge in [-0.1, -0.05) is 24.3 Å². The van der Waals surface area contributed by atoms with Crippen LogP contribution in [0.2, 0.25) is 0 Å².